The Morgan fingerprint density at radius 3 is 2.58 bits per heavy atom. The fourth-order valence-electron chi connectivity index (χ4n) is 1.24. The third-order valence-electron chi connectivity index (χ3n) is 2.23. The summed E-state index contributed by atoms with van der Waals surface area (Å²) in [6.07, 6.45) is -0.929. The lowest BCUT2D eigenvalue weighted by Gasteiger charge is -2.14. The normalized spacial score (nSPS) is 11.3. The van der Waals surface area contributed by atoms with E-state index in [0.717, 1.165) is 0 Å². The highest BCUT2D eigenvalue weighted by molar-refractivity contribution is 5.96. The quantitative estimate of drug-likeness (QED) is 0.740. The predicted molar refractivity (Wildman–Crippen MR) is 66.1 cm³/mol. The Bertz CT molecular complexity index is 501. The molecule has 0 radical (unpaired) electrons. The Balaban J connectivity index is 2.68. The number of amides is 3. The van der Waals surface area contributed by atoms with Gasteiger partial charge in [0.1, 0.15) is 5.75 Å². The summed E-state index contributed by atoms with van der Waals surface area (Å²) in [6.45, 7) is 1.45. The van der Waals surface area contributed by atoms with Crippen LogP contribution in [-0.2, 0) is 4.79 Å². The van der Waals surface area contributed by atoms with E-state index in [4.69, 9.17) is 9.84 Å². The van der Waals surface area contributed by atoms with Gasteiger partial charge in [0.05, 0.1) is 5.56 Å². The SMILES string of the molecule is CNC(=O)NC(=O)C(C)Oc1cccc(C(=O)O)c1. The second-order valence-electron chi connectivity index (χ2n) is 3.66. The van der Waals surface area contributed by atoms with Crippen LogP contribution in [0.2, 0.25) is 0 Å². The van der Waals surface area contributed by atoms with Crippen molar-refractivity contribution in [2.75, 3.05) is 7.05 Å². The van der Waals surface area contributed by atoms with Gasteiger partial charge in [-0.05, 0) is 25.1 Å². The van der Waals surface area contributed by atoms with Crippen molar-refractivity contribution >= 4 is 17.9 Å². The summed E-state index contributed by atoms with van der Waals surface area (Å²) in [5.74, 6) is -1.48. The number of carbonyl (C=O) groups is 3. The van der Waals surface area contributed by atoms with Crippen molar-refractivity contribution < 1.29 is 24.2 Å². The van der Waals surface area contributed by atoms with Crippen molar-refractivity contribution in [1.29, 1.82) is 0 Å². The Kier molecular flexibility index (Phi) is 4.87. The smallest absolute Gasteiger partial charge is 0.335 e. The van der Waals surface area contributed by atoms with Gasteiger partial charge in [0, 0.05) is 7.05 Å². The number of aromatic carboxylic acids is 1. The molecule has 19 heavy (non-hydrogen) atoms. The van der Waals surface area contributed by atoms with E-state index in [0.29, 0.717) is 0 Å². The van der Waals surface area contributed by atoms with E-state index in [9.17, 15) is 14.4 Å². The molecule has 7 nitrogen and oxygen atoms in total. The van der Waals surface area contributed by atoms with E-state index in [1.165, 1.54) is 38.2 Å². The van der Waals surface area contributed by atoms with Crippen LogP contribution in [-0.4, -0.2) is 36.2 Å². The van der Waals surface area contributed by atoms with Crippen molar-refractivity contribution in [3.05, 3.63) is 29.8 Å². The first-order chi connectivity index (χ1) is 8.93. The molecule has 0 aliphatic heterocycles. The zero-order chi connectivity index (χ0) is 14.4. The highest BCUT2D eigenvalue weighted by atomic mass is 16.5. The molecular weight excluding hydrogens is 252 g/mol. The van der Waals surface area contributed by atoms with Crippen LogP contribution < -0.4 is 15.4 Å². The summed E-state index contributed by atoms with van der Waals surface area (Å²) in [5.41, 5.74) is 0.0522. The van der Waals surface area contributed by atoms with Crippen molar-refractivity contribution in [3.63, 3.8) is 0 Å². The molecule has 0 aliphatic rings. The summed E-state index contributed by atoms with van der Waals surface area (Å²) in [6, 6.07) is 5.09. The monoisotopic (exact) mass is 266 g/mol. The topological polar surface area (TPSA) is 105 Å². The van der Waals surface area contributed by atoms with Crippen LogP contribution in [0, 0.1) is 0 Å². The lowest BCUT2D eigenvalue weighted by atomic mass is 10.2. The molecule has 1 atom stereocenters. The highest BCUT2D eigenvalue weighted by Crippen LogP contribution is 2.15. The van der Waals surface area contributed by atoms with Crippen LogP contribution >= 0.6 is 0 Å². The van der Waals surface area contributed by atoms with E-state index < -0.39 is 24.0 Å². The van der Waals surface area contributed by atoms with Crippen LogP contribution in [0.25, 0.3) is 0 Å². The zero-order valence-corrected chi connectivity index (χ0v) is 10.5. The molecule has 1 aromatic rings. The van der Waals surface area contributed by atoms with Crippen LogP contribution in [0.1, 0.15) is 17.3 Å². The average molecular weight is 266 g/mol. The number of carbonyl (C=O) groups excluding carboxylic acids is 2. The summed E-state index contributed by atoms with van der Waals surface area (Å²) >= 11 is 0. The molecular formula is C12H14N2O5. The molecule has 0 fully saturated rings. The Hall–Kier alpha value is -2.57. The van der Waals surface area contributed by atoms with Crippen molar-refractivity contribution in [2.45, 2.75) is 13.0 Å². The first-order valence-corrected chi connectivity index (χ1v) is 5.46. The molecule has 0 heterocycles. The van der Waals surface area contributed by atoms with Gasteiger partial charge in [0.2, 0.25) is 0 Å². The number of carboxylic acid groups (broad SMARTS) is 1. The molecule has 0 saturated carbocycles. The first kappa shape index (κ1) is 14.5. The van der Waals surface area contributed by atoms with Gasteiger partial charge < -0.3 is 15.2 Å². The summed E-state index contributed by atoms with van der Waals surface area (Å²) in [7, 11) is 1.38. The number of hydrogen-bond acceptors (Lipinski definition) is 4. The molecule has 0 saturated heterocycles. The van der Waals surface area contributed by atoms with Crippen LogP contribution in [0.15, 0.2) is 24.3 Å². The lowest BCUT2D eigenvalue weighted by molar-refractivity contribution is -0.126. The van der Waals surface area contributed by atoms with Gasteiger partial charge in [-0.1, -0.05) is 6.07 Å². The molecule has 3 N–H and O–H groups in total. The van der Waals surface area contributed by atoms with Crippen LogP contribution in [0.4, 0.5) is 4.79 Å². The first-order valence-electron chi connectivity index (χ1n) is 5.46. The third kappa shape index (κ3) is 4.30. The molecule has 1 unspecified atom stereocenters. The molecule has 0 bridgehead atoms. The molecule has 1 aromatic carbocycles. The van der Waals surface area contributed by atoms with E-state index in [-0.39, 0.29) is 11.3 Å². The minimum absolute atomic E-state index is 0.0522. The van der Waals surface area contributed by atoms with E-state index in [1.807, 2.05) is 0 Å². The minimum atomic E-state index is -1.09. The zero-order valence-electron chi connectivity index (χ0n) is 10.5. The average Bonchev–Trinajstić information content (AvgIpc) is 2.38. The van der Waals surface area contributed by atoms with Gasteiger partial charge in [-0.25, -0.2) is 9.59 Å². The number of hydrogen-bond donors (Lipinski definition) is 3. The second-order valence-corrected chi connectivity index (χ2v) is 3.66. The predicted octanol–water partition coefficient (Wildman–Crippen LogP) is 0.608. The molecule has 3 amide bonds. The van der Waals surface area contributed by atoms with Gasteiger partial charge in [-0.2, -0.15) is 0 Å². The van der Waals surface area contributed by atoms with E-state index in [1.54, 1.807) is 0 Å². The number of imide groups is 1. The molecule has 102 valence electrons. The number of ether oxygens (including phenoxy) is 1. The molecule has 0 aliphatic carbocycles. The van der Waals surface area contributed by atoms with E-state index in [2.05, 4.69) is 10.6 Å². The Morgan fingerprint density at radius 2 is 2.00 bits per heavy atom. The maximum absolute atomic E-state index is 11.5. The van der Waals surface area contributed by atoms with Gasteiger partial charge in [0.15, 0.2) is 6.10 Å². The molecule has 0 spiro atoms. The maximum atomic E-state index is 11.5. The number of urea groups is 1. The maximum Gasteiger partial charge on any atom is 0.335 e. The largest absolute Gasteiger partial charge is 0.481 e. The third-order valence-corrected chi connectivity index (χ3v) is 2.23. The van der Waals surface area contributed by atoms with Crippen molar-refractivity contribution in [3.8, 4) is 5.75 Å². The highest BCUT2D eigenvalue weighted by Gasteiger charge is 2.17. The fraction of sp³-hybridized carbons (Fsp3) is 0.250. The standard InChI is InChI=1S/C12H14N2O5/c1-7(10(15)14-12(18)13-2)19-9-5-3-4-8(6-9)11(16)17/h3-7H,1-2H3,(H,16,17)(H2,13,14,15,18). The van der Waals surface area contributed by atoms with Crippen molar-refractivity contribution in [2.24, 2.45) is 0 Å². The molecule has 0 aromatic heterocycles. The fourth-order valence-corrected chi connectivity index (χ4v) is 1.24. The second kappa shape index (κ2) is 6.39. The Morgan fingerprint density at radius 1 is 1.32 bits per heavy atom. The van der Waals surface area contributed by atoms with Gasteiger partial charge in [0.25, 0.3) is 5.91 Å². The van der Waals surface area contributed by atoms with Gasteiger partial charge in [-0.15, -0.1) is 0 Å². The lowest BCUT2D eigenvalue weighted by Crippen LogP contribution is -2.43. The van der Waals surface area contributed by atoms with Crippen LogP contribution in [0.5, 0.6) is 5.75 Å². The Labute approximate surface area is 109 Å². The minimum Gasteiger partial charge on any atom is -0.481 e. The molecule has 7 heteroatoms. The summed E-state index contributed by atoms with van der Waals surface area (Å²) < 4.78 is 5.26. The van der Waals surface area contributed by atoms with E-state index >= 15 is 0 Å². The number of nitrogens with one attached hydrogen (secondary N) is 2. The summed E-state index contributed by atoms with van der Waals surface area (Å²) in [5, 5.41) is 13.1. The van der Waals surface area contributed by atoms with Gasteiger partial charge >= 0.3 is 12.0 Å². The number of benzene rings is 1. The molecule has 1 rings (SSSR count). The van der Waals surface area contributed by atoms with Gasteiger partial charge in [-0.3, -0.25) is 10.1 Å². The van der Waals surface area contributed by atoms with Crippen LogP contribution in [0.3, 0.4) is 0 Å². The summed E-state index contributed by atoms with van der Waals surface area (Å²) in [4.78, 5) is 33.2. The number of carboxylic acids is 1. The number of rotatable bonds is 4. The van der Waals surface area contributed by atoms with Crippen molar-refractivity contribution in [1.82, 2.24) is 10.6 Å².